The summed E-state index contributed by atoms with van der Waals surface area (Å²) >= 11 is 6.12. The smallest absolute Gasteiger partial charge is 0.247 e. The van der Waals surface area contributed by atoms with Crippen LogP contribution in [0.1, 0.15) is 11.1 Å². The summed E-state index contributed by atoms with van der Waals surface area (Å²) in [6, 6.07) is 16.4. The second-order valence-electron chi connectivity index (χ2n) is 6.93. The largest absolute Gasteiger partial charge is 0.368 e. The molecule has 28 heavy (non-hydrogen) atoms. The third-order valence-corrected chi connectivity index (χ3v) is 5.11. The Kier molecular flexibility index (Phi) is 5.58. The maximum absolute atomic E-state index is 6.12. The molecule has 0 spiro atoms. The highest BCUT2D eigenvalue weighted by atomic mass is 35.5. The highest BCUT2D eigenvalue weighted by molar-refractivity contribution is 6.30. The van der Waals surface area contributed by atoms with Gasteiger partial charge in [0.05, 0.1) is 6.20 Å². The Labute approximate surface area is 170 Å². The van der Waals surface area contributed by atoms with Gasteiger partial charge in [0.1, 0.15) is 0 Å². The van der Waals surface area contributed by atoms with E-state index in [1.54, 1.807) is 6.20 Å². The minimum absolute atomic E-state index is 0.666. The molecule has 1 saturated heterocycles. The number of hydrogen-bond donors (Lipinski definition) is 1. The standard InChI is InChI=1S/C21H23ClN6/c1-16-5-7-17(8-6-16)14-23-20-15-24-26-21(25-20)28-11-9-27(10-12-28)19-4-2-3-18(22)13-19/h2-8,13,15H,9-12,14H2,1H3,(H,23,25,26). The molecule has 0 saturated carbocycles. The Morgan fingerprint density at radius 2 is 1.75 bits per heavy atom. The molecular weight excluding hydrogens is 372 g/mol. The lowest BCUT2D eigenvalue weighted by molar-refractivity contribution is 0.635. The van der Waals surface area contributed by atoms with Crippen LogP contribution in [0.5, 0.6) is 0 Å². The molecule has 0 amide bonds. The third-order valence-electron chi connectivity index (χ3n) is 4.88. The van der Waals surface area contributed by atoms with Crippen molar-refractivity contribution < 1.29 is 0 Å². The van der Waals surface area contributed by atoms with Crippen LogP contribution in [-0.2, 0) is 6.54 Å². The summed E-state index contributed by atoms with van der Waals surface area (Å²) in [5, 5.41) is 12.5. The molecule has 0 radical (unpaired) electrons. The van der Waals surface area contributed by atoms with Crippen LogP contribution in [0.4, 0.5) is 17.5 Å². The molecule has 3 aromatic rings. The van der Waals surface area contributed by atoms with Gasteiger partial charge >= 0.3 is 0 Å². The highest BCUT2D eigenvalue weighted by Crippen LogP contribution is 2.22. The van der Waals surface area contributed by atoms with E-state index in [1.807, 2.05) is 18.2 Å². The minimum atomic E-state index is 0.666. The minimum Gasteiger partial charge on any atom is -0.368 e. The van der Waals surface area contributed by atoms with Crippen LogP contribution < -0.4 is 15.1 Å². The summed E-state index contributed by atoms with van der Waals surface area (Å²) in [5.74, 6) is 1.41. The van der Waals surface area contributed by atoms with Gasteiger partial charge in [-0.2, -0.15) is 10.1 Å². The van der Waals surface area contributed by atoms with E-state index >= 15 is 0 Å². The summed E-state index contributed by atoms with van der Waals surface area (Å²) < 4.78 is 0. The number of nitrogens with one attached hydrogen (secondary N) is 1. The predicted octanol–water partition coefficient (Wildman–Crippen LogP) is 3.77. The van der Waals surface area contributed by atoms with E-state index in [2.05, 4.69) is 67.6 Å². The van der Waals surface area contributed by atoms with E-state index in [0.29, 0.717) is 12.5 Å². The fourth-order valence-corrected chi connectivity index (χ4v) is 3.43. The molecule has 7 heteroatoms. The maximum atomic E-state index is 6.12. The summed E-state index contributed by atoms with van der Waals surface area (Å²) in [4.78, 5) is 9.14. The molecule has 0 bridgehead atoms. The number of anilines is 3. The number of aromatic nitrogens is 3. The Morgan fingerprint density at radius 3 is 2.50 bits per heavy atom. The van der Waals surface area contributed by atoms with Gasteiger partial charge in [0.2, 0.25) is 5.95 Å². The van der Waals surface area contributed by atoms with Crippen molar-refractivity contribution in [2.75, 3.05) is 41.3 Å². The van der Waals surface area contributed by atoms with Crippen molar-refractivity contribution in [3.05, 3.63) is 70.9 Å². The lowest BCUT2D eigenvalue weighted by Gasteiger charge is -2.36. The normalized spacial score (nSPS) is 14.2. The average Bonchev–Trinajstić information content (AvgIpc) is 2.74. The van der Waals surface area contributed by atoms with Crippen LogP contribution in [0, 0.1) is 6.92 Å². The van der Waals surface area contributed by atoms with Crippen LogP contribution in [0.2, 0.25) is 5.02 Å². The Hall–Kier alpha value is -2.86. The molecular formula is C21H23ClN6. The Morgan fingerprint density at radius 1 is 1.00 bits per heavy atom. The fourth-order valence-electron chi connectivity index (χ4n) is 3.25. The molecule has 0 atom stereocenters. The first kappa shape index (κ1) is 18.5. The zero-order valence-electron chi connectivity index (χ0n) is 15.8. The van der Waals surface area contributed by atoms with Gasteiger partial charge in [0, 0.05) is 43.4 Å². The van der Waals surface area contributed by atoms with Crippen molar-refractivity contribution >= 4 is 29.1 Å². The first-order valence-electron chi connectivity index (χ1n) is 9.42. The van der Waals surface area contributed by atoms with Crippen molar-refractivity contribution in [2.45, 2.75) is 13.5 Å². The molecule has 1 aliphatic heterocycles. The number of benzene rings is 2. The summed E-state index contributed by atoms with van der Waals surface area (Å²) in [7, 11) is 0. The quantitative estimate of drug-likeness (QED) is 0.710. The van der Waals surface area contributed by atoms with Gasteiger partial charge in [-0.3, -0.25) is 0 Å². The molecule has 6 nitrogen and oxygen atoms in total. The number of aryl methyl sites for hydroxylation is 1. The fraction of sp³-hybridized carbons (Fsp3) is 0.286. The van der Waals surface area contributed by atoms with Gasteiger partial charge in [-0.05, 0) is 30.7 Å². The summed E-state index contributed by atoms with van der Waals surface area (Å²) in [6.07, 6.45) is 1.67. The van der Waals surface area contributed by atoms with Crippen LogP contribution in [-0.4, -0.2) is 41.4 Å². The van der Waals surface area contributed by atoms with Gasteiger partial charge in [-0.1, -0.05) is 47.5 Å². The molecule has 2 aromatic carbocycles. The second-order valence-corrected chi connectivity index (χ2v) is 7.37. The summed E-state index contributed by atoms with van der Waals surface area (Å²) in [6.45, 7) is 6.27. The van der Waals surface area contributed by atoms with Gasteiger partial charge in [0.15, 0.2) is 5.82 Å². The molecule has 144 valence electrons. The number of piperazine rings is 1. The molecule has 1 aromatic heterocycles. The van der Waals surface area contributed by atoms with E-state index in [4.69, 9.17) is 11.6 Å². The molecule has 2 heterocycles. The van der Waals surface area contributed by atoms with Crippen LogP contribution >= 0.6 is 11.6 Å². The first-order valence-corrected chi connectivity index (χ1v) is 9.80. The molecule has 4 rings (SSSR count). The van der Waals surface area contributed by atoms with Gasteiger partial charge < -0.3 is 15.1 Å². The molecule has 0 aliphatic carbocycles. The van der Waals surface area contributed by atoms with Crippen LogP contribution in [0.25, 0.3) is 0 Å². The zero-order valence-corrected chi connectivity index (χ0v) is 16.6. The van der Waals surface area contributed by atoms with Crippen molar-refractivity contribution in [2.24, 2.45) is 0 Å². The molecule has 1 fully saturated rings. The number of rotatable bonds is 5. The number of hydrogen-bond acceptors (Lipinski definition) is 6. The van der Waals surface area contributed by atoms with E-state index < -0.39 is 0 Å². The van der Waals surface area contributed by atoms with E-state index in [-0.39, 0.29) is 0 Å². The number of halogens is 1. The highest BCUT2D eigenvalue weighted by Gasteiger charge is 2.20. The average molecular weight is 395 g/mol. The topological polar surface area (TPSA) is 57.2 Å². The monoisotopic (exact) mass is 394 g/mol. The van der Waals surface area contributed by atoms with Gasteiger partial charge in [0.25, 0.3) is 0 Å². The van der Waals surface area contributed by atoms with Gasteiger partial charge in [-0.15, -0.1) is 5.10 Å². The van der Waals surface area contributed by atoms with Gasteiger partial charge in [-0.25, -0.2) is 0 Å². The van der Waals surface area contributed by atoms with E-state index in [0.717, 1.165) is 42.7 Å². The first-order chi connectivity index (χ1) is 13.7. The maximum Gasteiger partial charge on any atom is 0.247 e. The van der Waals surface area contributed by atoms with E-state index in [1.165, 1.54) is 11.1 Å². The molecule has 1 N–H and O–H groups in total. The molecule has 1 aliphatic rings. The van der Waals surface area contributed by atoms with Crippen molar-refractivity contribution in [1.82, 2.24) is 15.2 Å². The lowest BCUT2D eigenvalue weighted by atomic mass is 10.1. The van der Waals surface area contributed by atoms with Crippen molar-refractivity contribution in [3.63, 3.8) is 0 Å². The Balaban J connectivity index is 1.36. The van der Waals surface area contributed by atoms with Crippen LogP contribution in [0.15, 0.2) is 54.7 Å². The van der Waals surface area contributed by atoms with Crippen molar-refractivity contribution in [1.29, 1.82) is 0 Å². The number of nitrogens with zero attached hydrogens (tertiary/aromatic N) is 5. The van der Waals surface area contributed by atoms with E-state index in [9.17, 15) is 0 Å². The lowest BCUT2D eigenvalue weighted by Crippen LogP contribution is -2.47. The van der Waals surface area contributed by atoms with Crippen LogP contribution in [0.3, 0.4) is 0 Å². The predicted molar refractivity (Wildman–Crippen MR) is 114 cm³/mol. The zero-order chi connectivity index (χ0) is 19.3. The van der Waals surface area contributed by atoms with Crippen molar-refractivity contribution in [3.8, 4) is 0 Å². The third kappa shape index (κ3) is 4.51. The Bertz CT molecular complexity index is 922. The molecule has 0 unspecified atom stereocenters. The second kappa shape index (κ2) is 8.44. The summed E-state index contributed by atoms with van der Waals surface area (Å²) in [5.41, 5.74) is 3.62. The SMILES string of the molecule is Cc1ccc(CNc2cnnc(N3CCN(c4cccc(Cl)c4)CC3)n2)cc1.